The van der Waals surface area contributed by atoms with Crippen molar-refractivity contribution < 1.29 is 14.0 Å². The van der Waals surface area contributed by atoms with Crippen LogP contribution in [-0.4, -0.2) is 24.4 Å². The van der Waals surface area contributed by atoms with Gasteiger partial charge in [0, 0.05) is 31.1 Å². The lowest BCUT2D eigenvalue weighted by Crippen LogP contribution is -2.02. The van der Waals surface area contributed by atoms with Gasteiger partial charge < -0.3 is 14.0 Å². The highest BCUT2D eigenvalue weighted by molar-refractivity contribution is 7.98. The smallest absolute Gasteiger partial charge is 0.237 e. The average molecular weight is 294 g/mol. The molecule has 6 heteroatoms. The molecule has 0 amide bonds. The predicted octanol–water partition coefficient (Wildman–Crippen LogP) is 3.22. The van der Waals surface area contributed by atoms with Crippen LogP contribution in [0.15, 0.2) is 33.7 Å². The minimum atomic E-state index is -0.322. The molecule has 0 atom stereocenters. The number of hydrogen-bond donors (Lipinski definition) is 0. The molecule has 0 aliphatic rings. The third-order valence-electron chi connectivity index (χ3n) is 2.77. The SMILES string of the molecule is CCc1noc(CSc2ccc(C(OC)OC)cc2)n1. The van der Waals surface area contributed by atoms with Gasteiger partial charge in [-0.05, 0) is 12.1 Å². The Morgan fingerprint density at radius 1 is 1.20 bits per heavy atom. The van der Waals surface area contributed by atoms with Gasteiger partial charge in [0.2, 0.25) is 5.89 Å². The third kappa shape index (κ3) is 3.82. The molecule has 108 valence electrons. The van der Waals surface area contributed by atoms with Gasteiger partial charge in [-0.2, -0.15) is 4.98 Å². The van der Waals surface area contributed by atoms with Crippen molar-refractivity contribution in [2.45, 2.75) is 30.3 Å². The molecule has 1 heterocycles. The largest absolute Gasteiger partial charge is 0.352 e. The summed E-state index contributed by atoms with van der Waals surface area (Å²) in [6, 6.07) is 8.04. The van der Waals surface area contributed by atoms with Crippen LogP contribution in [0.25, 0.3) is 0 Å². The van der Waals surface area contributed by atoms with Crippen LogP contribution in [0.3, 0.4) is 0 Å². The van der Waals surface area contributed by atoms with E-state index in [0.29, 0.717) is 11.6 Å². The Bertz CT molecular complexity index is 523. The van der Waals surface area contributed by atoms with Gasteiger partial charge in [0.15, 0.2) is 12.1 Å². The van der Waals surface area contributed by atoms with Gasteiger partial charge in [0.1, 0.15) is 0 Å². The lowest BCUT2D eigenvalue weighted by molar-refractivity contribution is -0.106. The van der Waals surface area contributed by atoms with E-state index >= 15 is 0 Å². The number of nitrogens with zero attached hydrogens (tertiary/aromatic N) is 2. The summed E-state index contributed by atoms with van der Waals surface area (Å²) >= 11 is 1.66. The molecule has 0 bridgehead atoms. The summed E-state index contributed by atoms with van der Waals surface area (Å²) in [4.78, 5) is 5.41. The van der Waals surface area contributed by atoms with Gasteiger partial charge in [-0.15, -0.1) is 11.8 Å². The van der Waals surface area contributed by atoms with E-state index in [9.17, 15) is 0 Å². The Labute approximate surface area is 122 Å². The first-order chi connectivity index (χ1) is 9.76. The molecule has 2 rings (SSSR count). The Hall–Kier alpha value is -1.37. The molecule has 2 aromatic rings. The fourth-order valence-electron chi connectivity index (χ4n) is 1.73. The normalized spacial score (nSPS) is 11.2. The summed E-state index contributed by atoms with van der Waals surface area (Å²) in [7, 11) is 3.25. The quantitative estimate of drug-likeness (QED) is 0.577. The maximum atomic E-state index is 5.21. The molecule has 1 aromatic heterocycles. The van der Waals surface area contributed by atoms with E-state index in [4.69, 9.17) is 14.0 Å². The molecule has 0 N–H and O–H groups in total. The van der Waals surface area contributed by atoms with Gasteiger partial charge in [-0.1, -0.05) is 24.2 Å². The first-order valence-electron chi connectivity index (χ1n) is 6.36. The average Bonchev–Trinajstić information content (AvgIpc) is 2.96. The lowest BCUT2D eigenvalue weighted by Gasteiger charge is -2.13. The van der Waals surface area contributed by atoms with Gasteiger partial charge >= 0.3 is 0 Å². The number of methoxy groups -OCH3 is 2. The van der Waals surface area contributed by atoms with Gasteiger partial charge in [0.25, 0.3) is 0 Å². The topological polar surface area (TPSA) is 57.4 Å². The highest BCUT2D eigenvalue weighted by Gasteiger charge is 2.09. The van der Waals surface area contributed by atoms with Crippen molar-refractivity contribution in [1.29, 1.82) is 0 Å². The zero-order chi connectivity index (χ0) is 14.4. The Morgan fingerprint density at radius 3 is 2.45 bits per heavy atom. The summed E-state index contributed by atoms with van der Waals surface area (Å²) < 4.78 is 15.6. The summed E-state index contributed by atoms with van der Waals surface area (Å²) in [6.07, 6.45) is 0.468. The van der Waals surface area contributed by atoms with Crippen molar-refractivity contribution in [3.05, 3.63) is 41.5 Å². The van der Waals surface area contributed by atoms with Crippen LogP contribution in [0.4, 0.5) is 0 Å². The summed E-state index contributed by atoms with van der Waals surface area (Å²) in [6.45, 7) is 2.00. The molecular formula is C14H18N2O3S. The van der Waals surface area contributed by atoms with Crippen molar-refractivity contribution in [2.24, 2.45) is 0 Å². The standard InChI is InChI=1S/C14H18N2O3S/c1-4-12-15-13(19-16-12)9-20-11-7-5-10(6-8-11)14(17-2)18-3/h5-8,14H,4,9H2,1-3H3. The molecule has 0 fully saturated rings. The zero-order valence-corrected chi connectivity index (χ0v) is 12.6. The van der Waals surface area contributed by atoms with E-state index in [1.165, 1.54) is 0 Å². The highest BCUT2D eigenvalue weighted by atomic mass is 32.2. The molecule has 5 nitrogen and oxygen atoms in total. The van der Waals surface area contributed by atoms with E-state index in [-0.39, 0.29) is 6.29 Å². The summed E-state index contributed by atoms with van der Waals surface area (Å²) in [5.74, 6) is 2.08. The molecule has 0 radical (unpaired) electrons. The van der Waals surface area contributed by atoms with Crippen LogP contribution in [0, 0.1) is 0 Å². The zero-order valence-electron chi connectivity index (χ0n) is 11.8. The molecule has 0 aliphatic heterocycles. The fraction of sp³-hybridized carbons (Fsp3) is 0.429. The van der Waals surface area contributed by atoms with Crippen LogP contribution >= 0.6 is 11.8 Å². The molecule has 0 saturated carbocycles. The van der Waals surface area contributed by atoms with Crippen molar-refractivity contribution >= 4 is 11.8 Å². The Balaban J connectivity index is 1.93. The second kappa shape index (κ2) is 7.42. The number of rotatable bonds is 7. The monoisotopic (exact) mass is 294 g/mol. The number of aromatic nitrogens is 2. The first kappa shape index (κ1) is 15.0. The van der Waals surface area contributed by atoms with Gasteiger partial charge in [-0.3, -0.25) is 0 Å². The maximum absolute atomic E-state index is 5.21. The number of thioether (sulfide) groups is 1. The molecule has 20 heavy (non-hydrogen) atoms. The predicted molar refractivity (Wildman–Crippen MR) is 76.4 cm³/mol. The van der Waals surface area contributed by atoms with Crippen molar-refractivity contribution in [3.63, 3.8) is 0 Å². The maximum Gasteiger partial charge on any atom is 0.237 e. The molecule has 1 aromatic carbocycles. The second-order valence-corrected chi connectivity index (χ2v) is 5.17. The summed E-state index contributed by atoms with van der Waals surface area (Å²) in [5, 5.41) is 3.87. The summed E-state index contributed by atoms with van der Waals surface area (Å²) in [5.41, 5.74) is 0.991. The number of hydrogen-bond acceptors (Lipinski definition) is 6. The minimum absolute atomic E-state index is 0.322. The minimum Gasteiger partial charge on any atom is -0.352 e. The Morgan fingerprint density at radius 2 is 1.90 bits per heavy atom. The molecule has 0 aliphatic carbocycles. The third-order valence-corrected chi connectivity index (χ3v) is 3.77. The molecule has 0 spiro atoms. The number of aryl methyl sites for hydroxylation is 1. The van der Waals surface area contributed by atoms with Crippen molar-refractivity contribution in [1.82, 2.24) is 10.1 Å². The van der Waals surface area contributed by atoms with E-state index in [2.05, 4.69) is 10.1 Å². The van der Waals surface area contributed by atoms with Crippen molar-refractivity contribution in [2.75, 3.05) is 14.2 Å². The fourth-order valence-corrected chi connectivity index (χ4v) is 2.46. The van der Waals surface area contributed by atoms with E-state index < -0.39 is 0 Å². The molecule has 0 saturated heterocycles. The van der Waals surface area contributed by atoms with Gasteiger partial charge in [-0.25, -0.2) is 0 Å². The van der Waals surface area contributed by atoms with Crippen LogP contribution in [0.5, 0.6) is 0 Å². The van der Waals surface area contributed by atoms with E-state index in [0.717, 1.165) is 22.7 Å². The van der Waals surface area contributed by atoms with Crippen LogP contribution in [0.2, 0.25) is 0 Å². The number of ether oxygens (including phenoxy) is 2. The lowest BCUT2D eigenvalue weighted by atomic mass is 10.2. The van der Waals surface area contributed by atoms with Crippen LogP contribution in [0.1, 0.15) is 30.5 Å². The number of benzene rings is 1. The van der Waals surface area contributed by atoms with Crippen molar-refractivity contribution in [3.8, 4) is 0 Å². The van der Waals surface area contributed by atoms with Crippen LogP contribution in [-0.2, 0) is 21.6 Å². The molecular weight excluding hydrogens is 276 g/mol. The van der Waals surface area contributed by atoms with E-state index in [1.54, 1.807) is 26.0 Å². The van der Waals surface area contributed by atoms with Crippen LogP contribution < -0.4 is 0 Å². The Kier molecular flexibility index (Phi) is 5.58. The highest BCUT2D eigenvalue weighted by Crippen LogP contribution is 2.25. The first-order valence-corrected chi connectivity index (χ1v) is 7.35. The molecule has 0 unspecified atom stereocenters. The second-order valence-electron chi connectivity index (χ2n) is 4.12. The van der Waals surface area contributed by atoms with Gasteiger partial charge in [0.05, 0.1) is 5.75 Å². The van der Waals surface area contributed by atoms with E-state index in [1.807, 2.05) is 31.2 Å².